The Morgan fingerprint density at radius 1 is 1.26 bits per heavy atom. The monoisotopic (exact) mass is 390 g/mol. The van der Waals surface area contributed by atoms with Crippen LogP contribution in [-0.4, -0.2) is 47.4 Å². The molecule has 0 unspecified atom stereocenters. The van der Waals surface area contributed by atoms with Crippen molar-refractivity contribution in [1.29, 1.82) is 0 Å². The van der Waals surface area contributed by atoms with Gasteiger partial charge in [0.15, 0.2) is 0 Å². The summed E-state index contributed by atoms with van der Waals surface area (Å²) in [5.41, 5.74) is 13.5. The van der Waals surface area contributed by atoms with Crippen LogP contribution in [0.3, 0.4) is 0 Å². The van der Waals surface area contributed by atoms with E-state index in [9.17, 15) is 8.42 Å². The minimum Gasteiger partial charge on any atom is -0.493 e. The van der Waals surface area contributed by atoms with Gasteiger partial charge in [-0.1, -0.05) is 0 Å². The number of hydrogen-bond acceptors (Lipinski definition) is 7. The van der Waals surface area contributed by atoms with Gasteiger partial charge in [0.1, 0.15) is 11.6 Å². The number of ether oxygens (including phenoxy) is 1. The van der Waals surface area contributed by atoms with E-state index in [0.29, 0.717) is 35.2 Å². The zero-order valence-electron chi connectivity index (χ0n) is 15.4. The van der Waals surface area contributed by atoms with Crippen molar-refractivity contribution in [1.82, 2.24) is 18.2 Å². The highest BCUT2D eigenvalue weighted by Crippen LogP contribution is 2.31. The van der Waals surface area contributed by atoms with Crippen LogP contribution in [0, 0.1) is 0 Å². The Hall–Kier alpha value is -2.85. The molecule has 0 bridgehead atoms. The first-order chi connectivity index (χ1) is 12.7. The minimum atomic E-state index is -3.67. The van der Waals surface area contributed by atoms with Crippen LogP contribution in [0.5, 0.6) is 5.75 Å². The fraction of sp³-hybridized carbons (Fsp3) is 0.294. The zero-order chi connectivity index (χ0) is 19.8. The molecule has 0 saturated heterocycles. The van der Waals surface area contributed by atoms with Gasteiger partial charge in [0.05, 0.1) is 12.1 Å². The molecule has 0 radical (unpaired) electrons. The predicted molar refractivity (Wildman–Crippen MR) is 105 cm³/mol. The van der Waals surface area contributed by atoms with Crippen molar-refractivity contribution in [3.63, 3.8) is 0 Å². The summed E-state index contributed by atoms with van der Waals surface area (Å²) >= 11 is 0. The summed E-state index contributed by atoms with van der Waals surface area (Å²) in [6, 6.07) is 5.40. The molecule has 0 saturated carbocycles. The van der Waals surface area contributed by atoms with Crippen molar-refractivity contribution in [2.45, 2.75) is 13.3 Å². The first kappa shape index (κ1) is 18.9. The lowest BCUT2D eigenvalue weighted by molar-refractivity contribution is 0.344. The standard InChI is InChI=1S/C17H22N6O3S/c1-4-26-15-9-11(7-12-10-20-17(19)21-16(12)18)8-14-13(15)5-6-23(14)27(24,25)22(2)3/h5-6,8-10H,4,7H2,1-3H3,(H4,18,19,20,21). The normalized spacial score (nSPS) is 12.0. The highest BCUT2D eigenvalue weighted by molar-refractivity contribution is 7.87. The van der Waals surface area contributed by atoms with E-state index < -0.39 is 10.2 Å². The Kier molecular flexibility index (Phi) is 4.94. The number of anilines is 2. The molecule has 10 heteroatoms. The molecule has 2 aromatic heterocycles. The van der Waals surface area contributed by atoms with Crippen LogP contribution in [0.25, 0.3) is 10.9 Å². The maximum absolute atomic E-state index is 12.6. The number of benzene rings is 1. The highest BCUT2D eigenvalue weighted by atomic mass is 32.2. The Morgan fingerprint density at radius 2 is 2.00 bits per heavy atom. The second-order valence-corrected chi connectivity index (χ2v) is 8.20. The minimum absolute atomic E-state index is 0.104. The summed E-state index contributed by atoms with van der Waals surface area (Å²) in [4.78, 5) is 7.94. The lowest BCUT2D eigenvalue weighted by Crippen LogP contribution is -2.28. The van der Waals surface area contributed by atoms with Crippen molar-refractivity contribution in [2.75, 3.05) is 32.2 Å². The third-order valence-electron chi connectivity index (χ3n) is 4.12. The van der Waals surface area contributed by atoms with Crippen molar-refractivity contribution in [2.24, 2.45) is 0 Å². The first-order valence-electron chi connectivity index (χ1n) is 8.30. The van der Waals surface area contributed by atoms with Gasteiger partial charge in [0, 0.05) is 43.9 Å². The molecule has 4 N–H and O–H groups in total. The van der Waals surface area contributed by atoms with Crippen LogP contribution in [0.4, 0.5) is 11.8 Å². The largest absolute Gasteiger partial charge is 0.493 e. The number of aromatic nitrogens is 3. The molecule has 1 aromatic carbocycles. The summed E-state index contributed by atoms with van der Waals surface area (Å²) < 4.78 is 33.4. The lowest BCUT2D eigenvalue weighted by Gasteiger charge is -2.15. The van der Waals surface area contributed by atoms with Crippen LogP contribution in [-0.2, 0) is 16.6 Å². The van der Waals surface area contributed by atoms with Gasteiger partial charge in [-0.25, -0.2) is 8.96 Å². The van der Waals surface area contributed by atoms with Gasteiger partial charge in [-0.3, -0.25) is 0 Å². The number of nitrogens with zero attached hydrogens (tertiary/aromatic N) is 4. The van der Waals surface area contributed by atoms with Crippen molar-refractivity contribution in [3.05, 3.63) is 41.7 Å². The molecule has 0 spiro atoms. The predicted octanol–water partition coefficient (Wildman–Crippen LogP) is 1.24. The van der Waals surface area contributed by atoms with Crippen LogP contribution in [0.15, 0.2) is 30.6 Å². The third-order valence-corrected chi connectivity index (χ3v) is 5.85. The SMILES string of the molecule is CCOc1cc(Cc2cnc(N)nc2N)cc2c1ccn2S(=O)(=O)N(C)C. The summed E-state index contributed by atoms with van der Waals surface area (Å²) in [5.74, 6) is 0.997. The molecule has 0 atom stereocenters. The summed E-state index contributed by atoms with van der Waals surface area (Å²) in [6.07, 6.45) is 3.50. The topological polar surface area (TPSA) is 129 Å². The quantitative estimate of drug-likeness (QED) is 0.647. The second-order valence-electron chi connectivity index (χ2n) is 6.18. The summed E-state index contributed by atoms with van der Waals surface area (Å²) in [7, 11) is -0.693. The maximum Gasteiger partial charge on any atom is 0.307 e. The van der Waals surface area contributed by atoms with E-state index >= 15 is 0 Å². The molecule has 0 aliphatic heterocycles. The Labute approximate surface area is 157 Å². The zero-order valence-corrected chi connectivity index (χ0v) is 16.2. The van der Waals surface area contributed by atoms with Gasteiger partial charge in [0.25, 0.3) is 0 Å². The maximum atomic E-state index is 12.6. The Morgan fingerprint density at radius 3 is 2.63 bits per heavy atom. The molecular formula is C17H22N6O3S. The molecule has 3 aromatic rings. The van der Waals surface area contributed by atoms with E-state index in [0.717, 1.165) is 9.87 Å². The van der Waals surface area contributed by atoms with Gasteiger partial charge in [0.2, 0.25) is 5.95 Å². The smallest absolute Gasteiger partial charge is 0.307 e. The van der Waals surface area contributed by atoms with Crippen LogP contribution in [0.2, 0.25) is 0 Å². The van der Waals surface area contributed by atoms with E-state index in [2.05, 4.69) is 9.97 Å². The van der Waals surface area contributed by atoms with Gasteiger partial charge >= 0.3 is 10.2 Å². The van der Waals surface area contributed by atoms with Crippen molar-refractivity contribution >= 4 is 32.9 Å². The summed E-state index contributed by atoms with van der Waals surface area (Å²) in [6.45, 7) is 2.33. The summed E-state index contributed by atoms with van der Waals surface area (Å²) in [5, 5.41) is 0.715. The van der Waals surface area contributed by atoms with Crippen LogP contribution >= 0.6 is 0 Å². The third kappa shape index (κ3) is 3.53. The molecule has 3 rings (SSSR count). The molecular weight excluding hydrogens is 368 g/mol. The number of hydrogen-bond donors (Lipinski definition) is 2. The second kappa shape index (κ2) is 7.05. The molecule has 9 nitrogen and oxygen atoms in total. The Bertz CT molecular complexity index is 1090. The number of rotatable bonds is 6. The van der Waals surface area contributed by atoms with Crippen molar-refractivity contribution in [3.8, 4) is 5.75 Å². The molecule has 0 aliphatic carbocycles. The number of nitrogens with two attached hydrogens (primary N) is 2. The van der Waals surface area contributed by atoms with Gasteiger partial charge in [-0.15, -0.1) is 0 Å². The van der Waals surface area contributed by atoms with Gasteiger partial charge in [-0.2, -0.15) is 17.7 Å². The molecule has 27 heavy (non-hydrogen) atoms. The van der Waals surface area contributed by atoms with Gasteiger partial charge < -0.3 is 16.2 Å². The molecule has 144 valence electrons. The first-order valence-corrected chi connectivity index (χ1v) is 9.70. The molecule has 2 heterocycles. The highest BCUT2D eigenvalue weighted by Gasteiger charge is 2.20. The van der Waals surface area contributed by atoms with Gasteiger partial charge in [-0.05, 0) is 30.7 Å². The molecule has 0 aliphatic rings. The average molecular weight is 390 g/mol. The lowest BCUT2D eigenvalue weighted by atomic mass is 10.0. The number of fused-ring (bicyclic) bond motifs is 1. The number of nitrogen functional groups attached to an aromatic ring is 2. The van der Waals surface area contributed by atoms with E-state index in [1.54, 1.807) is 18.3 Å². The van der Waals surface area contributed by atoms with Crippen LogP contribution < -0.4 is 16.2 Å². The van der Waals surface area contributed by atoms with Crippen molar-refractivity contribution < 1.29 is 13.2 Å². The fourth-order valence-corrected chi connectivity index (χ4v) is 3.75. The Balaban J connectivity index is 2.16. The fourth-order valence-electron chi connectivity index (χ4n) is 2.78. The van der Waals surface area contributed by atoms with E-state index in [-0.39, 0.29) is 11.8 Å². The van der Waals surface area contributed by atoms with Crippen LogP contribution in [0.1, 0.15) is 18.1 Å². The molecule has 0 fully saturated rings. The van der Waals surface area contributed by atoms with E-state index in [1.165, 1.54) is 24.3 Å². The van der Waals surface area contributed by atoms with E-state index in [1.807, 2.05) is 13.0 Å². The molecule has 0 amide bonds. The van der Waals surface area contributed by atoms with E-state index in [4.69, 9.17) is 16.2 Å². The average Bonchev–Trinajstić information content (AvgIpc) is 3.02.